The second kappa shape index (κ2) is 6.00. The Labute approximate surface area is 108 Å². The molecule has 1 aliphatic heterocycles. The van der Waals surface area contributed by atoms with Crippen LogP contribution in [0.5, 0.6) is 0 Å². The quantitative estimate of drug-likeness (QED) is 0.839. The summed E-state index contributed by atoms with van der Waals surface area (Å²) in [6.45, 7) is 2.75. The summed E-state index contributed by atoms with van der Waals surface area (Å²) in [6, 6.07) is 0. The van der Waals surface area contributed by atoms with Crippen molar-refractivity contribution < 1.29 is 4.79 Å². The molecule has 100 valence electrons. The van der Waals surface area contributed by atoms with Crippen LogP contribution in [0.3, 0.4) is 0 Å². The lowest BCUT2D eigenvalue weighted by Crippen LogP contribution is -2.27. The molecule has 0 saturated carbocycles. The van der Waals surface area contributed by atoms with Gasteiger partial charge < -0.3 is 14.8 Å². The second-order valence-electron chi connectivity index (χ2n) is 5.10. The number of aryl methyl sites for hydroxylation is 1. The maximum Gasteiger partial charge on any atom is 0.222 e. The third-order valence-electron chi connectivity index (χ3n) is 3.65. The van der Waals surface area contributed by atoms with E-state index in [4.69, 9.17) is 0 Å². The summed E-state index contributed by atoms with van der Waals surface area (Å²) in [7, 11) is 3.80. The first-order valence-electron chi connectivity index (χ1n) is 6.57. The number of hydrogen-bond donors (Lipinski definition) is 1. The standard InChI is InChI=1S/C13H22N4O/c1-16-8-7-15-12(16)10-17(2)13(18)4-3-11-5-6-14-9-11/h7-8,11,14H,3-6,9-10H2,1-2H3. The molecule has 0 spiro atoms. The van der Waals surface area contributed by atoms with Crippen LogP contribution in [0.15, 0.2) is 12.4 Å². The van der Waals surface area contributed by atoms with Gasteiger partial charge in [-0.05, 0) is 31.8 Å². The topological polar surface area (TPSA) is 50.2 Å². The number of carbonyl (C=O) groups excluding carboxylic acids is 1. The highest BCUT2D eigenvalue weighted by Crippen LogP contribution is 2.15. The van der Waals surface area contributed by atoms with Crippen molar-refractivity contribution in [2.24, 2.45) is 13.0 Å². The molecule has 1 atom stereocenters. The third kappa shape index (κ3) is 3.32. The Kier molecular flexibility index (Phi) is 4.36. The zero-order valence-electron chi connectivity index (χ0n) is 11.2. The van der Waals surface area contributed by atoms with E-state index in [0.29, 0.717) is 18.9 Å². The molecule has 2 rings (SSSR count). The van der Waals surface area contributed by atoms with Gasteiger partial charge in [-0.2, -0.15) is 0 Å². The van der Waals surface area contributed by atoms with Gasteiger partial charge in [-0.25, -0.2) is 4.98 Å². The number of carbonyl (C=O) groups is 1. The molecule has 1 saturated heterocycles. The van der Waals surface area contributed by atoms with E-state index >= 15 is 0 Å². The van der Waals surface area contributed by atoms with E-state index in [-0.39, 0.29) is 5.91 Å². The molecule has 1 unspecified atom stereocenters. The number of imidazole rings is 1. The summed E-state index contributed by atoms with van der Waals surface area (Å²) in [6.07, 6.45) is 6.51. The normalized spacial score (nSPS) is 19.1. The van der Waals surface area contributed by atoms with Crippen molar-refractivity contribution in [2.75, 3.05) is 20.1 Å². The predicted molar refractivity (Wildman–Crippen MR) is 69.9 cm³/mol. The lowest BCUT2D eigenvalue weighted by atomic mass is 10.0. The fraction of sp³-hybridized carbons (Fsp3) is 0.692. The highest BCUT2D eigenvalue weighted by Gasteiger charge is 2.17. The van der Waals surface area contributed by atoms with Gasteiger partial charge in [0.15, 0.2) is 0 Å². The van der Waals surface area contributed by atoms with Gasteiger partial charge >= 0.3 is 0 Å². The largest absolute Gasteiger partial charge is 0.338 e. The highest BCUT2D eigenvalue weighted by atomic mass is 16.2. The summed E-state index contributed by atoms with van der Waals surface area (Å²) in [4.78, 5) is 18.0. The average molecular weight is 250 g/mol. The van der Waals surface area contributed by atoms with Crippen LogP contribution in [0, 0.1) is 5.92 Å². The molecule has 1 N–H and O–H groups in total. The molecular formula is C13H22N4O. The zero-order chi connectivity index (χ0) is 13.0. The monoisotopic (exact) mass is 250 g/mol. The summed E-state index contributed by atoms with van der Waals surface area (Å²) < 4.78 is 1.95. The number of nitrogens with one attached hydrogen (secondary N) is 1. The summed E-state index contributed by atoms with van der Waals surface area (Å²) >= 11 is 0. The fourth-order valence-corrected chi connectivity index (χ4v) is 2.33. The van der Waals surface area contributed by atoms with E-state index in [1.165, 1.54) is 6.42 Å². The molecule has 5 nitrogen and oxygen atoms in total. The van der Waals surface area contributed by atoms with Crippen LogP contribution in [0.25, 0.3) is 0 Å². The fourth-order valence-electron chi connectivity index (χ4n) is 2.33. The van der Waals surface area contributed by atoms with Crippen LogP contribution in [0.1, 0.15) is 25.1 Å². The Hall–Kier alpha value is -1.36. The summed E-state index contributed by atoms with van der Waals surface area (Å²) in [5, 5.41) is 3.33. The first kappa shape index (κ1) is 13.1. The molecule has 5 heteroatoms. The van der Waals surface area contributed by atoms with Crippen molar-refractivity contribution >= 4 is 5.91 Å². The van der Waals surface area contributed by atoms with E-state index in [2.05, 4.69) is 10.3 Å². The van der Waals surface area contributed by atoms with Crippen LogP contribution in [-0.4, -0.2) is 40.5 Å². The maximum absolute atomic E-state index is 12.0. The minimum Gasteiger partial charge on any atom is -0.338 e. The molecule has 1 amide bonds. The molecule has 0 radical (unpaired) electrons. The molecule has 18 heavy (non-hydrogen) atoms. The van der Waals surface area contributed by atoms with Crippen molar-refractivity contribution in [3.8, 4) is 0 Å². The molecule has 0 aromatic carbocycles. The zero-order valence-corrected chi connectivity index (χ0v) is 11.2. The second-order valence-corrected chi connectivity index (χ2v) is 5.10. The molecule has 1 aromatic rings. The lowest BCUT2D eigenvalue weighted by molar-refractivity contribution is -0.130. The minimum atomic E-state index is 0.213. The van der Waals surface area contributed by atoms with Gasteiger partial charge in [0.2, 0.25) is 5.91 Å². The van der Waals surface area contributed by atoms with Crippen molar-refractivity contribution in [1.82, 2.24) is 19.8 Å². The molecule has 1 fully saturated rings. The van der Waals surface area contributed by atoms with E-state index in [9.17, 15) is 4.79 Å². The van der Waals surface area contributed by atoms with Gasteiger partial charge in [0.25, 0.3) is 0 Å². The molecule has 0 aliphatic carbocycles. The Bertz CT molecular complexity index is 395. The van der Waals surface area contributed by atoms with E-state index in [1.54, 1.807) is 11.1 Å². The van der Waals surface area contributed by atoms with Gasteiger partial charge in [0.1, 0.15) is 5.82 Å². The van der Waals surface area contributed by atoms with Gasteiger partial charge in [-0.3, -0.25) is 4.79 Å². The van der Waals surface area contributed by atoms with E-state index in [0.717, 1.165) is 25.3 Å². The minimum absolute atomic E-state index is 0.213. The molecule has 1 aromatic heterocycles. The number of rotatable bonds is 5. The van der Waals surface area contributed by atoms with E-state index in [1.807, 2.05) is 24.9 Å². The van der Waals surface area contributed by atoms with Crippen molar-refractivity contribution in [3.05, 3.63) is 18.2 Å². The predicted octanol–water partition coefficient (Wildman–Crippen LogP) is 0.768. The van der Waals surface area contributed by atoms with Gasteiger partial charge in [-0.1, -0.05) is 0 Å². The lowest BCUT2D eigenvalue weighted by Gasteiger charge is -2.17. The first-order chi connectivity index (χ1) is 8.66. The van der Waals surface area contributed by atoms with Crippen LogP contribution >= 0.6 is 0 Å². The van der Waals surface area contributed by atoms with E-state index < -0.39 is 0 Å². The number of aromatic nitrogens is 2. The molecular weight excluding hydrogens is 228 g/mol. The summed E-state index contributed by atoms with van der Waals surface area (Å²) in [5.74, 6) is 1.81. The summed E-state index contributed by atoms with van der Waals surface area (Å²) in [5.41, 5.74) is 0. The Morgan fingerprint density at radius 2 is 2.50 bits per heavy atom. The number of nitrogens with zero attached hydrogens (tertiary/aromatic N) is 3. The van der Waals surface area contributed by atoms with Crippen molar-refractivity contribution in [1.29, 1.82) is 0 Å². The smallest absolute Gasteiger partial charge is 0.222 e. The van der Waals surface area contributed by atoms with Crippen LogP contribution in [-0.2, 0) is 18.4 Å². The Morgan fingerprint density at radius 1 is 1.67 bits per heavy atom. The SMILES string of the molecule is CN(Cc1nccn1C)C(=O)CCC1CCNC1. The maximum atomic E-state index is 12.0. The molecule has 2 heterocycles. The van der Waals surface area contributed by atoms with Crippen LogP contribution in [0.2, 0.25) is 0 Å². The van der Waals surface area contributed by atoms with Gasteiger partial charge in [0, 0.05) is 32.9 Å². The Balaban J connectivity index is 1.76. The van der Waals surface area contributed by atoms with Crippen LogP contribution < -0.4 is 5.32 Å². The Morgan fingerprint density at radius 3 is 3.11 bits per heavy atom. The number of amides is 1. The average Bonchev–Trinajstić information content (AvgIpc) is 2.99. The third-order valence-corrected chi connectivity index (χ3v) is 3.65. The first-order valence-corrected chi connectivity index (χ1v) is 6.57. The molecule has 1 aliphatic rings. The highest BCUT2D eigenvalue weighted by molar-refractivity contribution is 5.75. The van der Waals surface area contributed by atoms with Gasteiger partial charge in [0.05, 0.1) is 6.54 Å². The van der Waals surface area contributed by atoms with Crippen molar-refractivity contribution in [2.45, 2.75) is 25.8 Å². The number of hydrogen-bond acceptors (Lipinski definition) is 3. The van der Waals surface area contributed by atoms with Crippen molar-refractivity contribution in [3.63, 3.8) is 0 Å². The molecule has 0 bridgehead atoms. The van der Waals surface area contributed by atoms with Gasteiger partial charge in [-0.15, -0.1) is 0 Å². The van der Waals surface area contributed by atoms with Crippen LogP contribution in [0.4, 0.5) is 0 Å².